The summed E-state index contributed by atoms with van der Waals surface area (Å²) in [5.74, 6) is -2.26. The van der Waals surface area contributed by atoms with Crippen LogP contribution in [0.5, 0.6) is 0 Å². The molecule has 0 unspecified atom stereocenters. The summed E-state index contributed by atoms with van der Waals surface area (Å²) in [5, 5.41) is 13.2. The van der Waals surface area contributed by atoms with Gasteiger partial charge in [0.05, 0.1) is 17.8 Å². The second kappa shape index (κ2) is 15.1. The van der Waals surface area contributed by atoms with Gasteiger partial charge in [0.2, 0.25) is 0 Å². The molecule has 7 rings (SSSR count). The van der Waals surface area contributed by atoms with Crippen LogP contribution in [0, 0.1) is 0 Å². The normalized spacial score (nSPS) is 16.7. The summed E-state index contributed by atoms with van der Waals surface area (Å²) in [6.07, 6.45) is 13.4. The van der Waals surface area contributed by atoms with E-state index >= 15 is 0 Å². The number of nitrogen functional groups attached to an aromatic ring is 1. The molecule has 1 aliphatic heterocycles. The van der Waals surface area contributed by atoms with Crippen LogP contribution >= 0.6 is 0 Å². The van der Waals surface area contributed by atoms with E-state index in [1.54, 1.807) is 0 Å². The molecule has 3 heterocycles. The largest absolute Gasteiger partial charge is 0.477 e. The Kier molecular flexibility index (Phi) is 10.0. The number of allylic oxidation sites excluding steroid dienone is 3. The number of para-hydroxylation sites is 1. The number of carbonyl (C=O) groups is 4. The highest BCUT2D eigenvalue weighted by molar-refractivity contribution is 6.13. The number of nitrogens with zero attached hydrogens (tertiary/aromatic N) is 4. The molecule has 0 atom stereocenters. The van der Waals surface area contributed by atoms with Crippen molar-refractivity contribution in [2.24, 2.45) is 0 Å². The van der Waals surface area contributed by atoms with Crippen molar-refractivity contribution < 1.29 is 29.0 Å². The number of carbonyl (C=O) groups excluding carboxylic acids is 3. The number of aliphatic carboxylic acids is 1. The Balaban J connectivity index is 1.08. The molecular weight excluding hydrogens is 672 g/mol. The lowest BCUT2D eigenvalue weighted by Crippen LogP contribution is -2.50. The van der Waals surface area contributed by atoms with E-state index in [4.69, 9.17) is 20.4 Å². The van der Waals surface area contributed by atoms with Crippen molar-refractivity contribution in [2.75, 3.05) is 18.9 Å². The molecule has 270 valence electrons. The molecule has 12 heteroatoms. The topological polar surface area (TPSA) is 170 Å². The number of rotatable bonds is 14. The Morgan fingerprint density at radius 2 is 1.66 bits per heavy atom. The lowest BCUT2D eigenvalue weighted by Gasteiger charge is -2.45. The number of unbranched alkanes of at least 4 members (excludes halogenated alkanes) is 2. The fourth-order valence-corrected chi connectivity index (χ4v) is 7.04. The zero-order valence-corrected chi connectivity index (χ0v) is 29.2. The third kappa shape index (κ3) is 7.25. The van der Waals surface area contributed by atoms with Crippen LogP contribution in [-0.4, -0.2) is 67.0 Å². The maximum absolute atomic E-state index is 12.8. The molecule has 0 spiro atoms. The molecule has 1 saturated carbocycles. The molecule has 4 N–H and O–H groups in total. The number of anilines is 1. The van der Waals surface area contributed by atoms with Crippen molar-refractivity contribution in [1.29, 1.82) is 0 Å². The average molecular weight is 713 g/mol. The van der Waals surface area contributed by atoms with Crippen molar-refractivity contribution in [2.45, 2.75) is 56.9 Å². The van der Waals surface area contributed by atoms with Crippen LogP contribution in [-0.2, 0) is 23.9 Å². The van der Waals surface area contributed by atoms with E-state index in [1.165, 1.54) is 18.4 Å². The zero-order valence-electron chi connectivity index (χ0n) is 29.2. The van der Waals surface area contributed by atoms with Crippen LogP contribution in [0.15, 0.2) is 108 Å². The van der Waals surface area contributed by atoms with Crippen LogP contribution in [0.4, 0.5) is 5.69 Å². The number of imidazole rings is 1. The van der Waals surface area contributed by atoms with Crippen molar-refractivity contribution in [3.63, 3.8) is 0 Å². The number of hydrogen-bond donors (Lipinski definition) is 3. The Labute approximate surface area is 306 Å². The van der Waals surface area contributed by atoms with Crippen LogP contribution in [0.3, 0.4) is 0 Å². The van der Waals surface area contributed by atoms with Crippen LogP contribution in [0.1, 0.15) is 51.4 Å². The Bertz CT molecular complexity index is 2190. The van der Waals surface area contributed by atoms with E-state index in [0.717, 1.165) is 63.4 Å². The fourth-order valence-electron chi connectivity index (χ4n) is 7.04. The predicted molar refractivity (Wildman–Crippen MR) is 201 cm³/mol. The number of aromatic nitrogens is 3. The highest BCUT2D eigenvalue weighted by Gasteiger charge is 2.40. The average Bonchev–Trinajstić information content (AvgIpc) is 3.69. The molecule has 2 aromatic heterocycles. The Morgan fingerprint density at radius 3 is 2.34 bits per heavy atom. The SMILES string of the molecule is Nc1ccccc1-c1nc2ccc(-c3ccccc3)nc2n1C1=CC=C(C2(N/C=C(/C(=O)O)C(=O)OCCCCCN3C(=O)C=CC3=O)CCC2)CC1. The number of fused-ring (bicyclic) bond motifs is 1. The standard InChI is InChI=1S/C41H40N6O6/c42-32-13-6-5-12-30(32)37-45-34-19-18-33(27-10-3-1-4-11-27)44-38(34)47(37)29-16-14-28(15-17-29)41(22-9-23-41)43-26-31(39(50)51)40(52)53-25-8-2-7-24-46-35(48)20-21-36(46)49/h1,3-6,10-14,16,18-21,26,43H,2,7-9,15,17,22-25,42H2,(H,50,51)/b31-26-. The quantitative estimate of drug-likeness (QED) is 0.0267. The Hall–Kier alpha value is -6.30. The summed E-state index contributed by atoms with van der Waals surface area (Å²) in [6, 6.07) is 21.6. The fraction of sp³-hybridized carbons (Fsp3) is 0.268. The lowest BCUT2D eigenvalue weighted by molar-refractivity contribution is -0.144. The number of pyridine rings is 1. The van der Waals surface area contributed by atoms with Gasteiger partial charge >= 0.3 is 11.9 Å². The maximum atomic E-state index is 12.8. The van der Waals surface area contributed by atoms with Crippen molar-refractivity contribution in [1.82, 2.24) is 24.8 Å². The first-order chi connectivity index (χ1) is 25.7. The number of amides is 2. The highest BCUT2D eigenvalue weighted by Crippen LogP contribution is 2.43. The smallest absolute Gasteiger partial charge is 0.347 e. The molecule has 0 bridgehead atoms. The van der Waals surface area contributed by atoms with Crippen LogP contribution in [0.2, 0.25) is 0 Å². The molecule has 2 amide bonds. The number of ether oxygens (including phenoxy) is 1. The minimum atomic E-state index is -1.38. The van der Waals surface area contributed by atoms with Gasteiger partial charge in [0.25, 0.3) is 11.8 Å². The third-order valence-corrected chi connectivity index (χ3v) is 10.1. The van der Waals surface area contributed by atoms with Gasteiger partial charge in [-0.25, -0.2) is 19.6 Å². The van der Waals surface area contributed by atoms with E-state index < -0.39 is 23.1 Å². The molecule has 2 aliphatic carbocycles. The molecule has 4 aromatic rings. The number of imide groups is 1. The number of carboxylic acids is 1. The number of benzene rings is 2. The molecule has 53 heavy (non-hydrogen) atoms. The van der Waals surface area contributed by atoms with Crippen molar-refractivity contribution in [3.8, 4) is 22.6 Å². The summed E-state index contributed by atoms with van der Waals surface area (Å²) < 4.78 is 7.38. The molecule has 3 aliphatic rings. The van der Waals surface area contributed by atoms with Gasteiger partial charge in [-0.1, -0.05) is 48.5 Å². The summed E-state index contributed by atoms with van der Waals surface area (Å²) in [6.45, 7) is 0.306. The van der Waals surface area contributed by atoms with Gasteiger partial charge < -0.3 is 20.9 Å². The molecule has 0 saturated heterocycles. The van der Waals surface area contributed by atoms with E-state index in [2.05, 4.69) is 22.0 Å². The van der Waals surface area contributed by atoms with Gasteiger partial charge in [-0.15, -0.1) is 0 Å². The van der Waals surface area contributed by atoms with Crippen molar-refractivity contribution >= 4 is 46.3 Å². The highest BCUT2D eigenvalue weighted by atomic mass is 16.5. The molecular formula is C41H40N6O6. The first-order valence-corrected chi connectivity index (χ1v) is 17.9. The molecule has 12 nitrogen and oxygen atoms in total. The molecule has 1 fully saturated rings. The number of nitrogens with one attached hydrogen (secondary N) is 1. The molecule has 0 radical (unpaired) electrons. The monoisotopic (exact) mass is 712 g/mol. The summed E-state index contributed by atoms with van der Waals surface area (Å²) in [7, 11) is 0. The minimum Gasteiger partial charge on any atom is -0.477 e. The van der Waals surface area contributed by atoms with E-state index in [-0.39, 0.29) is 25.0 Å². The van der Waals surface area contributed by atoms with Gasteiger partial charge in [0.15, 0.2) is 11.2 Å². The first-order valence-electron chi connectivity index (χ1n) is 17.9. The van der Waals surface area contributed by atoms with E-state index in [1.807, 2.05) is 66.7 Å². The van der Waals surface area contributed by atoms with Gasteiger partial charge in [-0.3, -0.25) is 19.1 Å². The predicted octanol–water partition coefficient (Wildman–Crippen LogP) is 6.03. The van der Waals surface area contributed by atoms with E-state index in [9.17, 15) is 24.3 Å². The number of nitrogens with two attached hydrogens (primary N) is 1. The summed E-state index contributed by atoms with van der Waals surface area (Å²) in [4.78, 5) is 59.6. The second-order valence-corrected chi connectivity index (χ2v) is 13.4. The maximum Gasteiger partial charge on any atom is 0.347 e. The van der Waals surface area contributed by atoms with Gasteiger partial charge in [-0.05, 0) is 87.3 Å². The zero-order chi connectivity index (χ0) is 37.0. The summed E-state index contributed by atoms with van der Waals surface area (Å²) >= 11 is 0. The van der Waals surface area contributed by atoms with Gasteiger partial charge in [-0.2, -0.15) is 0 Å². The van der Waals surface area contributed by atoms with Crippen LogP contribution < -0.4 is 11.1 Å². The number of carboxylic acid groups (broad SMARTS) is 1. The van der Waals surface area contributed by atoms with Crippen molar-refractivity contribution in [3.05, 3.63) is 108 Å². The lowest BCUT2D eigenvalue weighted by atomic mass is 9.69. The van der Waals surface area contributed by atoms with Gasteiger partial charge in [0, 0.05) is 47.4 Å². The second-order valence-electron chi connectivity index (χ2n) is 13.4. The first kappa shape index (κ1) is 35.1. The van der Waals surface area contributed by atoms with Crippen LogP contribution in [0.25, 0.3) is 39.5 Å². The number of esters is 1. The Morgan fingerprint density at radius 1 is 0.906 bits per heavy atom. The minimum absolute atomic E-state index is 0.0225. The molecule has 2 aromatic carbocycles. The number of hydrogen-bond acceptors (Lipinski definition) is 9. The third-order valence-electron chi connectivity index (χ3n) is 10.1. The van der Waals surface area contributed by atoms with E-state index in [0.29, 0.717) is 43.6 Å². The van der Waals surface area contributed by atoms with Gasteiger partial charge in [0.1, 0.15) is 11.3 Å². The summed E-state index contributed by atoms with van der Waals surface area (Å²) in [5.41, 5.74) is 12.4.